The summed E-state index contributed by atoms with van der Waals surface area (Å²) in [5.41, 5.74) is 0.0752. The number of hydrogen-bond donors (Lipinski definition) is 4. The molecule has 1 aliphatic heterocycles. The Morgan fingerprint density at radius 2 is 2.00 bits per heavy atom. The molecule has 0 bridgehead atoms. The van der Waals surface area contributed by atoms with Crippen LogP contribution in [0.2, 0.25) is 0 Å². The van der Waals surface area contributed by atoms with Gasteiger partial charge in [0, 0.05) is 25.2 Å². The number of carbonyl (C=O) groups is 3. The highest BCUT2D eigenvalue weighted by Crippen LogP contribution is 2.29. The number of pyridine rings is 1. The van der Waals surface area contributed by atoms with E-state index < -0.39 is 11.6 Å². The quantitative estimate of drug-likeness (QED) is 0.459. The topological polar surface area (TPSA) is 135 Å². The van der Waals surface area contributed by atoms with Crippen LogP contribution in [0.25, 0.3) is 0 Å². The summed E-state index contributed by atoms with van der Waals surface area (Å²) in [4.78, 5) is 43.0. The number of carbonyl (C=O) groups excluding carboxylic acids is 3. The van der Waals surface area contributed by atoms with E-state index in [2.05, 4.69) is 15.6 Å². The van der Waals surface area contributed by atoms with Gasteiger partial charge in [0.1, 0.15) is 11.8 Å². The van der Waals surface area contributed by atoms with E-state index in [0.717, 1.165) is 38.5 Å². The highest BCUT2D eigenvalue weighted by molar-refractivity contribution is 6.45. The number of anilines is 1. The summed E-state index contributed by atoms with van der Waals surface area (Å²) in [5.74, 6) is -0.817. The van der Waals surface area contributed by atoms with Crippen LogP contribution in [0.3, 0.4) is 0 Å². The molecule has 9 heteroatoms. The Labute approximate surface area is 182 Å². The van der Waals surface area contributed by atoms with Gasteiger partial charge in [-0.05, 0) is 31.7 Å². The Morgan fingerprint density at radius 1 is 1.26 bits per heavy atom. The third kappa shape index (κ3) is 5.28. The summed E-state index contributed by atoms with van der Waals surface area (Å²) >= 11 is 0. The molecule has 3 rings (SSSR count). The van der Waals surface area contributed by atoms with Crippen molar-refractivity contribution in [2.75, 3.05) is 25.0 Å². The third-order valence-electron chi connectivity index (χ3n) is 6.25. The van der Waals surface area contributed by atoms with E-state index in [1.807, 2.05) is 0 Å². The maximum Gasteiger partial charge on any atom is 0.243 e. The average molecular weight is 430 g/mol. The predicted octanol–water partition coefficient (Wildman–Crippen LogP) is 1.25. The number of rotatable bonds is 8. The second kappa shape index (κ2) is 10.00. The first kappa shape index (κ1) is 22.9. The van der Waals surface area contributed by atoms with Crippen LogP contribution in [0.5, 0.6) is 0 Å². The number of Topliss-reactive ketones (excluding diaryl/α,β-unsaturated/α-hetero) is 1. The third-order valence-corrected chi connectivity index (χ3v) is 6.25. The van der Waals surface area contributed by atoms with E-state index in [1.165, 1.54) is 19.3 Å². The fourth-order valence-corrected chi connectivity index (χ4v) is 4.45. The highest BCUT2D eigenvalue weighted by atomic mass is 16.3. The Balaban J connectivity index is 1.63. The van der Waals surface area contributed by atoms with Crippen LogP contribution in [0.15, 0.2) is 18.5 Å². The summed E-state index contributed by atoms with van der Waals surface area (Å²) in [5, 5.41) is 23.8. The monoisotopic (exact) mass is 429 g/mol. The summed E-state index contributed by atoms with van der Waals surface area (Å²) < 4.78 is 0. The number of aromatic nitrogens is 1. The molecule has 0 unspecified atom stereocenters. The van der Waals surface area contributed by atoms with E-state index >= 15 is 0 Å². The molecule has 31 heavy (non-hydrogen) atoms. The normalized spacial score (nSPS) is 20.2. The molecule has 4 N–H and O–H groups in total. The Kier molecular flexibility index (Phi) is 7.37. The smallest absolute Gasteiger partial charge is 0.243 e. The second-order valence-corrected chi connectivity index (χ2v) is 8.44. The largest absolute Gasteiger partial charge is 0.394 e. The van der Waals surface area contributed by atoms with Gasteiger partial charge >= 0.3 is 0 Å². The zero-order chi connectivity index (χ0) is 22.4. The van der Waals surface area contributed by atoms with Crippen molar-refractivity contribution in [1.82, 2.24) is 15.2 Å². The lowest BCUT2D eigenvalue weighted by Gasteiger charge is -2.38. The summed E-state index contributed by atoms with van der Waals surface area (Å²) in [6.45, 7) is 1.65. The number of nitrogens with one attached hydrogen (secondary N) is 3. The van der Waals surface area contributed by atoms with Crippen molar-refractivity contribution in [3.05, 3.63) is 24.0 Å². The molecule has 2 fully saturated rings. The first-order valence-corrected chi connectivity index (χ1v) is 10.9. The number of aliphatic hydroxyl groups is 1. The minimum atomic E-state index is -0.581. The van der Waals surface area contributed by atoms with Gasteiger partial charge in [-0.25, -0.2) is 0 Å². The average Bonchev–Trinajstić information content (AvgIpc) is 3.28. The van der Waals surface area contributed by atoms with E-state index in [4.69, 9.17) is 5.41 Å². The van der Waals surface area contributed by atoms with Crippen LogP contribution in [0.4, 0.5) is 5.69 Å². The molecule has 168 valence electrons. The van der Waals surface area contributed by atoms with Gasteiger partial charge in [-0.1, -0.05) is 19.3 Å². The zero-order valence-corrected chi connectivity index (χ0v) is 17.9. The van der Waals surface area contributed by atoms with Gasteiger partial charge in [0.2, 0.25) is 11.8 Å². The van der Waals surface area contributed by atoms with Crippen LogP contribution in [0, 0.1) is 5.41 Å². The van der Waals surface area contributed by atoms with Crippen molar-refractivity contribution in [2.45, 2.75) is 63.5 Å². The van der Waals surface area contributed by atoms with Crippen LogP contribution >= 0.6 is 0 Å². The fourth-order valence-electron chi connectivity index (χ4n) is 4.45. The Morgan fingerprint density at radius 3 is 2.68 bits per heavy atom. The molecule has 1 atom stereocenters. The van der Waals surface area contributed by atoms with Crippen molar-refractivity contribution in [1.29, 1.82) is 5.41 Å². The molecule has 0 aromatic carbocycles. The van der Waals surface area contributed by atoms with Gasteiger partial charge in [0.25, 0.3) is 0 Å². The summed E-state index contributed by atoms with van der Waals surface area (Å²) in [6, 6.07) is 1.00. The maximum atomic E-state index is 13.0. The second-order valence-electron chi connectivity index (χ2n) is 8.44. The van der Waals surface area contributed by atoms with E-state index in [1.54, 1.807) is 11.0 Å². The van der Waals surface area contributed by atoms with Crippen LogP contribution in [0.1, 0.15) is 57.4 Å². The van der Waals surface area contributed by atoms with Gasteiger partial charge in [-0.15, -0.1) is 0 Å². The van der Waals surface area contributed by atoms with E-state index in [0.29, 0.717) is 24.2 Å². The van der Waals surface area contributed by atoms with Gasteiger partial charge in [-0.2, -0.15) is 0 Å². The lowest BCUT2D eigenvalue weighted by atomic mass is 9.82. The van der Waals surface area contributed by atoms with Crippen molar-refractivity contribution in [3.8, 4) is 0 Å². The number of amides is 2. The van der Waals surface area contributed by atoms with Crippen molar-refractivity contribution in [3.63, 3.8) is 0 Å². The predicted molar refractivity (Wildman–Crippen MR) is 116 cm³/mol. The van der Waals surface area contributed by atoms with E-state index in [9.17, 15) is 19.5 Å². The van der Waals surface area contributed by atoms with Gasteiger partial charge in [0.15, 0.2) is 5.78 Å². The molecular weight excluding hydrogens is 398 g/mol. The number of hydrogen-bond acceptors (Lipinski definition) is 7. The molecule has 1 saturated heterocycles. The minimum Gasteiger partial charge on any atom is -0.394 e. The molecule has 2 heterocycles. The van der Waals surface area contributed by atoms with Crippen LogP contribution < -0.4 is 10.6 Å². The van der Waals surface area contributed by atoms with Gasteiger partial charge in [-0.3, -0.25) is 24.8 Å². The molecule has 1 saturated carbocycles. The number of nitrogens with zero attached hydrogens (tertiary/aromatic N) is 2. The number of likely N-dealkylation sites (tertiary alicyclic amines) is 1. The Bertz CT molecular complexity index is 850. The first-order chi connectivity index (χ1) is 14.9. The summed E-state index contributed by atoms with van der Waals surface area (Å²) in [7, 11) is 0. The SMILES string of the molecule is CC(=O)C(=N)c1ccncc1NCC(=O)N1CCC[C@H]1C(=O)NC1(CO)CCCCC1. The number of aliphatic hydroxyl groups excluding tert-OH is 1. The van der Waals surface area contributed by atoms with Crippen LogP contribution in [-0.2, 0) is 14.4 Å². The Hall–Kier alpha value is -2.81. The lowest BCUT2D eigenvalue weighted by Crippen LogP contribution is -2.57. The minimum absolute atomic E-state index is 0.0706. The van der Waals surface area contributed by atoms with Crippen LogP contribution in [-0.4, -0.2) is 69.6 Å². The molecule has 1 aliphatic carbocycles. The standard InChI is InChI=1S/C22H31N5O4/c1-15(29)20(23)16-7-10-24-12-17(16)25-13-19(30)27-11-5-6-18(27)21(31)26-22(14-28)8-3-2-4-9-22/h7,10,12,18,23,25,28H,2-6,8-9,11,13-14H2,1H3,(H,26,31)/t18-/m0/s1. The fraction of sp³-hybridized carbons (Fsp3) is 0.591. The van der Waals surface area contributed by atoms with Gasteiger partial charge in [0.05, 0.1) is 30.6 Å². The summed E-state index contributed by atoms with van der Waals surface area (Å²) in [6.07, 6.45) is 8.85. The molecule has 1 aromatic rings. The molecule has 9 nitrogen and oxygen atoms in total. The molecule has 2 amide bonds. The molecule has 1 aromatic heterocycles. The van der Waals surface area contributed by atoms with Crippen molar-refractivity contribution in [2.24, 2.45) is 0 Å². The molecule has 0 spiro atoms. The molecule has 0 radical (unpaired) electrons. The van der Waals surface area contributed by atoms with Gasteiger partial charge < -0.3 is 20.6 Å². The molecule has 2 aliphatic rings. The van der Waals surface area contributed by atoms with E-state index in [-0.39, 0.29) is 36.5 Å². The first-order valence-electron chi connectivity index (χ1n) is 10.9. The number of ketones is 1. The zero-order valence-electron chi connectivity index (χ0n) is 17.9. The lowest BCUT2D eigenvalue weighted by molar-refractivity contribution is -0.138. The van der Waals surface area contributed by atoms with Crippen molar-refractivity contribution >= 4 is 29.0 Å². The highest BCUT2D eigenvalue weighted by Gasteiger charge is 2.39. The molecular formula is C22H31N5O4. The maximum absolute atomic E-state index is 13.0. The van der Waals surface area contributed by atoms with Crippen molar-refractivity contribution < 1.29 is 19.5 Å².